The first-order chi connectivity index (χ1) is 12.0. The largest absolute Gasteiger partial charge is 0.490 e. The number of nitro benzene ring substituents is 1. The minimum atomic E-state index is -0.513. The predicted octanol–water partition coefficient (Wildman–Crippen LogP) is 3.52. The molecule has 132 valence electrons. The van der Waals surface area contributed by atoms with Gasteiger partial charge in [0, 0.05) is 23.5 Å². The number of para-hydroxylation sites is 1. The van der Waals surface area contributed by atoms with E-state index in [1.807, 2.05) is 31.2 Å². The molecule has 7 heteroatoms. The highest BCUT2D eigenvalue weighted by Crippen LogP contribution is 2.32. The Balaban J connectivity index is 2.09. The van der Waals surface area contributed by atoms with Gasteiger partial charge in [-0.1, -0.05) is 25.1 Å². The quantitative estimate of drug-likeness (QED) is 0.592. The average molecular weight is 343 g/mol. The zero-order valence-corrected chi connectivity index (χ0v) is 14.5. The van der Waals surface area contributed by atoms with E-state index in [4.69, 9.17) is 4.74 Å². The second-order valence-corrected chi connectivity index (χ2v) is 5.51. The van der Waals surface area contributed by atoms with Crippen molar-refractivity contribution < 1.29 is 14.5 Å². The highest BCUT2D eigenvalue weighted by molar-refractivity contribution is 5.95. The van der Waals surface area contributed by atoms with Gasteiger partial charge in [-0.05, 0) is 30.5 Å². The molecule has 0 aromatic heterocycles. The number of aryl methyl sites for hydroxylation is 2. The Morgan fingerprint density at radius 2 is 1.96 bits per heavy atom. The van der Waals surface area contributed by atoms with Crippen LogP contribution in [0.15, 0.2) is 36.4 Å². The maximum Gasteiger partial charge on any atom is 0.311 e. The number of nitrogens with zero attached hydrogens (tertiary/aromatic N) is 1. The van der Waals surface area contributed by atoms with Crippen LogP contribution in [0.5, 0.6) is 5.75 Å². The van der Waals surface area contributed by atoms with Crippen molar-refractivity contribution in [2.45, 2.75) is 20.3 Å². The van der Waals surface area contributed by atoms with Gasteiger partial charge >= 0.3 is 5.69 Å². The minimum absolute atomic E-state index is 0.0930. The fraction of sp³-hybridized carbons (Fsp3) is 0.278. The van der Waals surface area contributed by atoms with E-state index in [2.05, 4.69) is 10.6 Å². The molecule has 2 aromatic rings. The maximum absolute atomic E-state index is 12.2. The Morgan fingerprint density at radius 3 is 2.60 bits per heavy atom. The van der Waals surface area contributed by atoms with Crippen LogP contribution in [0.3, 0.4) is 0 Å². The van der Waals surface area contributed by atoms with Crippen LogP contribution in [0.4, 0.5) is 17.1 Å². The standard InChI is InChI=1S/C18H21N3O4/c1-4-13-7-5-6-8-14(13)19-11-18(22)20-15-10-17(25-3)16(21(23)24)9-12(15)2/h5-10,19H,4,11H2,1-3H3,(H,20,22). The fourth-order valence-electron chi connectivity index (χ4n) is 2.48. The summed E-state index contributed by atoms with van der Waals surface area (Å²) in [6, 6.07) is 10.6. The van der Waals surface area contributed by atoms with Gasteiger partial charge in [-0.25, -0.2) is 0 Å². The van der Waals surface area contributed by atoms with E-state index in [9.17, 15) is 14.9 Å². The highest BCUT2D eigenvalue weighted by Gasteiger charge is 2.18. The molecule has 25 heavy (non-hydrogen) atoms. The number of hydrogen-bond donors (Lipinski definition) is 2. The second kappa shape index (κ2) is 8.14. The van der Waals surface area contributed by atoms with Crippen LogP contribution < -0.4 is 15.4 Å². The molecule has 0 atom stereocenters. The first-order valence-electron chi connectivity index (χ1n) is 7.91. The van der Waals surface area contributed by atoms with Crippen LogP contribution in [-0.4, -0.2) is 24.5 Å². The van der Waals surface area contributed by atoms with Gasteiger partial charge in [-0.2, -0.15) is 0 Å². The van der Waals surface area contributed by atoms with Crippen LogP contribution in [0.1, 0.15) is 18.1 Å². The molecule has 0 aliphatic carbocycles. The lowest BCUT2D eigenvalue weighted by Gasteiger charge is -2.13. The molecule has 0 saturated heterocycles. The summed E-state index contributed by atoms with van der Waals surface area (Å²) in [6.07, 6.45) is 0.865. The zero-order valence-electron chi connectivity index (χ0n) is 14.5. The van der Waals surface area contributed by atoms with Gasteiger partial charge in [0.05, 0.1) is 18.6 Å². The monoisotopic (exact) mass is 343 g/mol. The molecule has 2 N–H and O–H groups in total. The number of methoxy groups -OCH3 is 1. The van der Waals surface area contributed by atoms with Crippen molar-refractivity contribution in [2.24, 2.45) is 0 Å². The molecule has 1 amide bonds. The van der Waals surface area contributed by atoms with Crippen LogP contribution in [0.2, 0.25) is 0 Å². The number of hydrogen-bond acceptors (Lipinski definition) is 5. The number of nitrogens with one attached hydrogen (secondary N) is 2. The summed E-state index contributed by atoms with van der Waals surface area (Å²) in [7, 11) is 1.35. The Kier molecular flexibility index (Phi) is 5.94. The zero-order chi connectivity index (χ0) is 18.4. The summed E-state index contributed by atoms with van der Waals surface area (Å²) in [6.45, 7) is 3.84. The number of carbonyl (C=O) groups excluding carboxylic acids is 1. The summed E-state index contributed by atoms with van der Waals surface area (Å²) in [5, 5.41) is 16.9. The normalized spacial score (nSPS) is 10.2. The van der Waals surface area contributed by atoms with E-state index in [0.717, 1.165) is 17.7 Å². The first-order valence-corrected chi connectivity index (χ1v) is 7.91. The molecule has 0 bridgehead atoms. The van der Waals surface area contributed by atoms with Gasteiger partial charge in [0.1, 0.15) is 0 Å². The van der Waals surface area contributed by atoms with Crippen molar-refractivity contribution in [3.05, 3.63) is 57.6 Å². The molecule has 7 nitrogen and oxygen atoms in total. The topological polar surface area (TPSA) is 93.5 Å². The van der Waals surface area contributed by atoms with Gasteiger partial charge in [-0.15, -0.1) is 0 Å². The number of ether oxygens (including phenoxy) is 1. The molecular formula is C18H21N3O4. The first kappa shape index (κ1) is 18.3. The lowest BCUT2D eigenvalue weighted by Crippen LogP contribution is -2.22. The third kappa shape index (κ3) is 4.47. The SMILES string of the molecule is CCc1ccccc1NCC(=O)Nc1cc(OC)c([N+](=O)[O-])cc1C. The van der Waals surface area contributed by atoms with E-state index in [0.29, 0.717) is 11.3 Å². The van der Waals surface area contributed by atoms with E-state index >= 15 is 0 Å². The Hall–Kier alpha value is -3.09. The molecular weight excluding hydrogens is 322 g/mol. The lowest BCUT2D eigenvalue weighted by molar-refractivity contribution is -0.385. The number of amides is 1. The number of anilines is 2. The number of benzene rings is 2. The fourth-order valence-corrected chi connectivity index (χ4v) is 2.48. The summed E-state index contributed by atoms with van der Waals surface area (Å²) in [5.41, 5.74) is 2.99. The van der Waals surface area contributed by atoms with Crippen LogP contribution in [0, 0.1) is 17.0 Å². The van der Waals surface area contributed by atoms with Crippen molar-refractivity contribution in [1.82, 2.24) is 0 Å². The molecule has 0 spiro atoms. The maximum atomic E-state index is 12.2. The van der Waals surface area contributed by atoms with E-state index < -0.39 is 4.92 Å². The number of rotatable bonds is 7. The molecule has 2 rings (SSSR count). The summed E-state index contributed by atoms with van der Waals surface area (Å²) in [5.74, 6) is -0.139. The molecule has 0 radical (unpaired) electrons. The third-order valence-corrected chi connectivity index (χ3v) is 3.83. The Morgan fingerprint density at radius 1 is 1.24 bits per heavy atom. The summed E-state index contributed by atoms with van der Waals surface area (Å²) < 4.78 is 5.03. The van der Waals surface area contributed by atoms with Crippen molar-refractivity contribution >= 4 is 23.0 Å². The summed E-state index contributed by atoms with van der Waals surface area (Å²) >= 11 is 0. The third-order valence-electron chi connectivity index (χ3n) is 3.83. The van der Waals surface area contributed by atoms with Gasteiger partial charge in [-0.3, -0.25) is 14.9 Å². The molecule has 0 unspecified atom stereocenters. The second-order valence-electron chi connectivity index (χ2n) is 5.51. The van der Waals surface area contributed by atoms with Crippen molar-refractivity contribution in [1.29, 1.82) is 0 Å². The van der Waals surface area contributed by atoms with Crippen molar-refractivity contribution in [3.63, 3.8) is 0 Å². The Labute approximate surface area is 146 Å². The van der Waals surface area contributed by atoms with Gasteiger partial charge in [0.15, 0.2) is 5.75 Å². The molecule has 0 fully saturated rings. The van der Waals surface area contributed by atoms with Crippen LogP contribution >= 0.6 is 0 Å². The molecule has 0 aliphatic heterocycles. The lowest BCUT2D eigenvalue weighted by atomic mass is 10.1. The summed E-state index contributed by atoms with van der Waals surface area (Å²) in [4.78, 5) is 22.7. The van der Waals surface area contributed by atoms with E-state index in [1.165, 1.54) is 19.2 Å². The molecule has 2 aromatic carbocycles. The number of nitro groups is 1. The molecule has 0 heterocycles. The molecule has 0 saturated carbocycles. The van der Waals surface area contributed by atoms with Crippen LogP contribution in [0.25, 0.3) is 0 Å². The van der Waals surface area contributed by atoms with Crippen molar-refractivity contribution in [3.8, 4) is 5.75 Å². The van der Waals surface area contributed by atoms with E-state index in [1.54, 1.807) is 6.92 Å². The van der Waals surface area contributed by atoms with Gasteiger partial charge in [0.2, 0.25) is 5.91 Å². The van der Waals surface area contributed by atoms with Crippen LogP contribution in [-0.2, 0) is 11.2 Å². The number of carbonyl (C=O) groups is 1. The Bertz CT molecular complexity index is 790. The average Bonchev–Trinajstić information content (AvgIpc) is 2.61. The molecule has 0 aliphatic rings. The smallest absolute Gasteiger partial charge is 0.311 e. The predicted molar refractivity (Wildman–Crippen MR) is 97.3 cm³/mol. The van der Waals surface area contributed by atoms with Crippen molar-refractivity contribution in [2.75, 3.05) is 24.3 Å². The van der Waals surface area contributed by atoms with Gasteiger partial charge < -0.3 is 15.4 Å². The highest BCUT2D eigenvalue weighted by atomic mass is 16.6. The van der Waals surface area contributed by atoms with E-state index in [-0.39, 0.29) is 23.9 Å². The minimum Gasteiger partial charge on any atom is -0.490 e. The van der Waals surface area contributed by atoms with Gasteiger partial charge in [0.25, 0.3) is 0 Å².